The standard InChI is InChI=1S/C6H3ClF.BrH.Zn/c7-5-2-1-3-6(8)4-5;;/h1,3-4H;1H;. The van der Waals surface area contributed by atoms with E-state index in [2.05, 4.69) is 0 Å². The van der Waals surface area contributed by atoms with Gasteiger partial charge in [-0.2, -0.15) is 0 Å². The van der Waals surface area contributed by atoms with E-state index in [1.54, 1.807) is 6.07 Å². The van der Waals surface area contributed by atoms with Gasteiger partial charge in [0.2, 0.25) is 0 Å². The molecule has 1 aromatic rings. The van der Waals surface area contributed by atoms with Crippen LogP contribution in [-0.2, 0) is 18.3 Å². The van der Waals surface area contributed by atoms with Gasteiger partial charge < -0.3 is 0 Å². The molecule has 0 bridgehead atoms. The fourth-order valence-electron chi connectivity index (χ4n) is 0.522. The molecule has 4 heteroatoms. The van der Waals surface area contributed by atoms with Crippen LogP contribution in [0.15, 0.2) is 18.2 Å². The summed E-state index contributed by atoms with van der Waals surface area (Å²) in [5.41, 5.74) is 0. The molecule has 0 saturated carbocycles. The normalized spacial score (nSPS) is 8.80. The molecule has 0 nitrogen and oxygen atoms in total. The van der Waals surface area contributed by atoms with E-state index in [0.717, 1.165) is 22.5 Å². The first-order chi connectivity index (χ1) is 4.20. The first kappa shape index (κ1) is 10.5. The molecule has 0 unspecified atom stereocenters. The summed E-state index contributed by atoms with van der Waals surface area (Å²) in [7, 11) is 0. The topological polar surface area (TPSA) is 0 Å². The van der Waals surface area contributed by atoms with E-state index in [-0.39, 0.29) is 22.8 Å². The van der Waals surface area contributed by atoms with Gasteiger partial charge in [-0.25, -0.2) is 0 Å². The molecule has 1 aromatic carbocycles. The second-order valence-corrected chi connectivity index (χ2v) is 3.74. The third-order valence-corrected chi connectivity index (χ3v) is 3.13. The second-order valence-electron chi connectivity index (χ2n) is 1.74. The summed E-state index contributed by atoms with van der Waals surface area (Å²) in [6, 6.07) is 4.46. The zero-order chi connectivity index (χ0) is 6.85. The number of hydrogen-bond donors (Lipinski definition) is 0. The van der Waals surface area contributed by atoms with Crippen molar-refractivity contribution >= 4 is 32.7 Å². The van der Waals surface area contributed by atoms with Crippen LogP contribution in [0.3, 0.4) is 0 Å². The molecule has 51 valence electrons. The van der Waals surface area contributed by atoms with Crippen molar-refractivity contribution in [3.05, 3.63) is 29.0 Å². The van der Waals surface area contributed by atoms with Crippen molar-refractivity contribution in [2.24, 2.45) is 0 Å². The number of rotatable bonds is 0. The molecule has 0 amide bonds. The first-order valence-electron chi connectivity index (χ1n) is 2.47. The molecule has 10 heavy (non-hydrogen) atoms. The van der Waals surface area contributed by atoms with Crippen LogP contribution >= 0.6 is 28.6 Å². The number of halogens is 3. The molecule has 0 heterocycles. The Balaban J connectivity index is 0.000000810. The molecule has 0 aliphatic rings. The first-order valence-corrected chi connectivity index (χ1v) is 4.33. The Morgan fingerprint density at radius 1 is 1.40 bits per heavy atom. The predicted octanol–water partition coefficient (Wildman–Crippen LogP) is 2.23. The SMILES string of the molecule is Br.Fc1cc[c]([Zn])c(Cl)c1. The summed E-state index contributed by atoms with van der Waals surface area (Å²) in [5.74, 6) is -0.266. The summed E-state index contributed by atoms with van der Waals surface area (Å²) in [6.45, 7) is 0. The van der Waals surface area contributed by atoms with E-state index in [1.807, 2.05) is 0 Å². The zero-order valence-corrected chi connectivity index (χ0v) is 10.5. The molecule has 0 fully saturated rings. The minimum absolute atomic E-state index is 0. The van der Waals surface area contributed by atoms with Crippen LogP contribution in [-0.4, -0.2) is 0 Å². The van der Waals surface area contributed by atoms with Crippen LogP contribution in [0, 0.1) is 5.82 Å². The Morgan fingerprint density at radius 2 is 2.00 bits per heavy atom. The number of benzene rings is 1. The fraction of sp³-hybridized carbons (Fsp3) is 0. The van der Waals surface area contributed by atoms with Gasteiger partial charge in [-0.3, -0.25) is 0 Å². The second kappa shape index (κ2) is 4.43. The van der Waals surface area contributed by atoms with Crippen LogP contribution in [0.2, 0.25) is 5.02 Å². The van der Waals surface area contributed by atoms with E-state index in [9.17, 15) is 4.39 Å². The van der Waals surface area contributed by atoms with Gasteiger partial charge in [-0.1, -0.05) is 0 Å². The van der Waals surface area contributed by atoms with Crippen LogP contribution in [0.25, 0.3) is 0 Å². The summed E-state index contributed by atoms with van der Waals surface area (Å²) in [5, 5.41) is 0.537. The zero-order valence-electron chi connectivity index (χ0n) is 5.10. The maximum atomic E-state index is 12.3. The van der Waals surface area contributed by atoms with E-state index >= 15 is 0 Å². The maximum absolute atomic E-state index is 12.3. The van der Waals surface area contributed by atoms with Crippen molar-refractivity contribution in [2.45, 2.75) is 0 Å². The summed E-state index contributed by atoms with van der Waals surface area (Å²) in [4.78, 5) is 0. The fourth-order valence-corrected chi connectivity index (χ4v) is 1.15. The predicted molar refractivity (Wildman–Crippen MR) is 41.4 cm³/mol. The van der Waals surface area contributed by atoms with Gasteiger partial charge in [-0.05, 0) is 0 Å². The Bertz CT molecular complexity index is 229. The molecule has 0 aliphatic heterocycles. The Morgan fingerprint density at radius 3 is 2.40 bits per heavy atom. The van der Waals surface area contributed by atoms with Crippen molar-refractivity contribution < 1.29 is 22.7 Å². The third-order valence-electron chi connectivity index (χ3n) is 1.02. The van der Waals surface area contributed by atoms with Crippen LogP contribution in [0.1, 0.15) is 0 Å². The monoisotopic (exact) mass is 273 g/mol. The van der Waals surface area contributed by atoms with E-state index in [0.29, 0.717) is 5.02 Å². The van der Waals surface area contributed by atoms with E-state index < -0.39 is 0 Å². The molecule has 0 atom stereocenters. The van der Waals surface area contributed by atoms with Crippen molar-refractivity contribution in [1.29, 1.82) is 0 Å². The molecule has 1 rings (SSSR count). The summed E-state index contributed by atoms with van der Waals surface area (Å²) in [6.07, 6.45) is 0. The molecule has 0 N–H and O–H groups in total. The minimum atomic E-state index is -0.266. The average molecular weight is 276 g/mol. The summed E-state index contributed by atoms with van der Waals surface area (Å²) < 4.78 is 13.3. The molecular weight excluding hydrogens is 272 g/mol. The quantitative estimate of drug-likeness (QED) is 0.637. The van der Waals surface area contributed by atoms with Crippen molar-refractivity contribution in [2.75, 3.05) is 0 Å². The molecule has 0 spiro atoms. The number of hydrogen-bond acceptors (Lipinski definition) is 0. The molecule has 0 aliphatic carbocycles. The van der Waals surface area contributed by atoms with Gasteiger partial charge in [0.05, 0.1) is 0 Å². The van der Waals surface area contributed by atoms with Gasteiger partial charge in [0.15, 0.2) is 0 Å². The van der Waals surface area contributed by atoms with Gasteiger partial charge in [0, 0.05) is 0 Å². The van der Waals surface area contributed by atoms with Crippen LogP contribution in [0.5, 0.6) is 0 Å². The van der Waals surface area contributed by atoms with Crippen LogP contribution < -0.4 is 4.16 Å². The average Bonchev–Trinajstić information content (AvgIpc) is 1.80. The molecule has 0 radical (unpaired) electrons. The van der Waals surface area contributed by atoms with Crippen molar-refractivity contribution in [3.8, 4) is 0 Å². The third kappa shape index (κ3) is 2.65. The molecular formula is C6H4BrClFZn. The Hall–Kier alpha value is 0.543. The molecule has 0 saturated heterocycles. The Labute approximate surface area is 84.2 Å². The van der Waals surface area contributed by atoms with Gasteiger partial charge in [0.25, 0.3) is 0 Å². The van der Waals surface area contributed by atoms with Crippen molar-refractivity contribution in [3.63, 3.8) is 0 Å². The van der Waals surface area contributed by atoms with Gasteiger partial charge in [-0.15, -0.1) is 17.0 Å². The van der Waals surface area contributed by atoms with Gasteiger partial charge in [0.1, 0.15) is 0 Å². The van der Waals surface area contributed by atoms with Crippen molar-refractivity contribution in [1.82, 2.24) is 0 Å². The molecule has 0 aromatic heterocycles. The van der Waals surface area contributed by atoms with E-state index in [1.165, 1.54) is 12.1 Å². The Kier molecular flexibility index (Phi) is 4.67. The van der Waals surface area contributed by atoms with Crippen LogP contribution in [0.4, 0.5) is 4.39 Å². The van der Waals surface area contributed by atoms with E-state index in [4.69, 9.17) is 11.6 Å². The summed E-state index contributed by atoms with van der Waals surface area (Å²) >= 11 is 6.58. The van der Waals surface area contributed by atoms with Gasteiger partial charge >= 0.3 is 67.5 Å².